The van der Waals surface area contributed by atoms with Crippen molar-refractivity contribution >= 4 is 17.6 Å². The summed E-state index contributed by atoms with van der Waals surface area (Å²) in [6, 6.07) is 5.41. The predicted octanol–water partition coefficient (Wildman–Crippen LogP) is 2.47. The van der Waals surface area contributed by atoms with Crippen LogP contribution in [0, 0.1) is 17.2 Å². The molecule has 25 heavy (non-hydrogen) atoms. The van der Waals surface area contributed by atoms with Crippen LogP contribution in [-0.2, 0) is 14.4 Å². The number of nitrogens with zero attached hydrogens (tertiary/aromatic N) is 1. The van der Waals surface area contributed by atoms with Gasteiger partial charge in [-0.1, -0.05) is 32.9 Å². The third-order valence-electron chi connectivity index (χ3n) is 4.65. The molecule has 1 aliphatic rings. The van der Waals surface area contributed by atoms with Gasteiger partial charge in [0.1, 0.15) is 5.82 Å². The Kier molecular flexibility index (Phi) is 5.60. The fourth-order valence-electron chi connectivity index (χ4n) is 3.02. The number of hydrogen-bond acceptors (Lipinski definition) is 3. The molecule has 0 saturated carbocycles. The van der Waals surface area contributed by atoms with E-state index in [0.29, 0.717) is 12.0 Å². The lowest BCUT2D eigenvalue weighted by Crippen LogP contribution is -2.47. The molecule has 2 atom stereocenters. The van der Waals surface area contributed by atoms with Crippen LogP contribution in [0.2, 0.25) is 0 Å². The van der Waals surface area contributed by atoms with E-state index in [9.17, 15) is 18.8 Å². The largest absolute Gasteiger partial charge is 0.349 e. The molecule has 0 radical (unpaired) electrons. The van der Waals surface area contributed by atoms with Crippen molar-refractivity contribution in [3.8, 4) is 0 Å². The van der Waals surface area contributed by atoms with Gasteiger partial charge < -0.3 is 10.2 Å². The maximum Gasteiger partial charge on any atom is 0.225 e. The van der Waals surface area contributed by atoms with Crippen molar-refractivity contribution in [3.05, 3.63) is 35.6 Å². The number of carbonyl (C=O) groups is 3. The highest BCUT2D eigenvalue weighted by Crippen LogP contribution is 2.36. The van der Waals surface area contributed by atoms with Gasteiger partial charge in [-0.3, -0.25) is 14.4 Å². The number of piperidine rings is 1. The molecular weight excluding hydrogens is 323 g/mol. The van der Waals surface area contributed by atoms with Gasteiger partial charge in [0.2, 0.25) is 11.8 Å². The molecule has 2 unspecified atom stereocenters. The molecule has 136 valence electrons. The molecule has 1 N–H and O–H groups in total. The van der Waals surface area contributed by atoms with Crippen LogP contribution in [0.3, 0.4) is 0 Å². The van der Waals surface area contributed by atoms with E-state index < -0.39 is 23.2 Å². The second-order valence-corrected chi connectivity index (χ2v) is 7.54. The minimum Gasteiger partial charge on any atom is -0.349 e. The molecule has 1 aromatic carbocycles. The summed E-state index contributed by atoms with van der Waals surface area (Å²) in [4.78, 5) is 38.3. The number of halogens is 1. The van der Waals surface area contributed by atoms with Gasteiger partial charge in [0.25, 0.3) is 0 Å². The van der Waals surface area contributed by atoms with Gasteiger partial charge in [-0.2, -0.15) is 0 Å². The van der Waals surface area contributed by atoms with E-state index in [1.165, 1.54) is 17.0 Å². The molecule has 2 rings (SSSR count). The quantitative estimate of drug-likeness (QED) is 0.909. The van der Waals surface area contributed by atoms with E-state index in [-0.39, 0.29) is 30.6 Å². The Bertz CT molecular complexity index is 681. The highest BCUT2D eigenvalue weighted by Gasteiger charge is 2.39. The van der Waals surface area contributed by atoms with E-state index in [1.54, 1.807) is 40.0 Å². The number of carbonyl (C=O) groups excluding carboxylic acids is 3. The Balaban J connectivity index is 2.20. The highest BCUT2D eigenvalue weighted by atomic mass is 19.1. The molecule has 1 aromatic rings. The normalized spacial score (nSPS) is 21.2. The summed E-state index contributed by atoms with van der Waals surface area (Å²) in [5.41, 5.74) is 0.0482. The maximum absolute atomic E-state index is 13.6. The molecule has 6 heteroatoms. The van der Waals surface area contributed by atoms with Gasteiger partial charge in [0, 0.05) is 18.9 Å². The first-order chi connectivity index (χ1) is 11.6. The lowest BCUT2D eigenvalue weighted by atomic mass is 9.83. The lowest BCUT2D eigenvalue weighted by molar-refractivity contribution is -0.142. The smallest absolute Gasteiger partial charge is 0.225 e. The summed E-state index contributed by atoms with van der Waals surface area (Å²) in [7, 11) is 1.62. The zero-order valence-electron chi connectivity index (χ0n) is 15.1. The summed E-state index contributed by atoms with van der Waals surface area (Å²) in [6.45, 7) is 5.34. The zero-order valence-corrected chi connectivity index (χ0v) is 15.1. The zero-order chi connectivity index (χ0) is 18.8. The Hall–Kier alpha value is -2.24. The van der Waals surface area contributed by atoms with Gasteiger partial charge in [-0.05, 0) is 24.1 Å². The van der Waals surface area contributed by atoms with Crippen molar-refractivity contribution in [2.75, 3.05) is 13.6 Å². The van der Waals surface area contributed by atoms with Crippen LogP contribution in [0.4, 0.5) is 4.39 Å². The molecule has 1 fully saturated rings. The van der Waals surface area contributed by atoms with E-state index in [2.05, 4.69) is 5.32 Å². The van der Waals surface area contributed by atoms with E-state index >= 15 is 0 Å². The van der Waals surface area contributed by atoms with E-state index in [0.717, 1.165) is 0 Å². The van der Waals surface area contributed by atoms with Crippen LogP contribution in [0.5, 0.6) is 0 Å². The Labute approximate surface area is 147 Å². The third kappa shape index (κ3) is 4.44. The predicted molar refractivity (Wildman–Crippen MR) is 92.1 cm³/mol. The van der Waals surface area contributed by atoms with Crippen molar-refractivity contribution in [1.82, 2.24) is 10.2 Å². The van der Waals surface area contributed by atoms with Crippen LogP contribution in [0.25, 0.3) is 0 Å². The Morgan fingerprint density at radius 1 is 1.32 bits per heavy atom. The topological polar surface area (TPSA) is 66.5 Å². The number of nitrogens with one attached hydrogen (secondary N) is 1. The summed E-state index contributed by atoms with van der Waals surface area (Å²) < 4.78 is 13.6. The van der Waals surface area contributed by atoms with Crippen LogP contribution < -0.4 is 5.32 Å². The minimum absolute atomic E-state index is 0.0492. The number of Topliss-reactive ketones (excluding diaryl/α,β-unsaturated/α-hetero) is 1. The summed E-state index contributed by atoms with van der Waals surface area (Å²) in [5.74, 6) is -1.36. The van der Waals surface area contributed by atoms with Gasteiger partial charge in [0.15, 0.2) is 5.78 Å². The molecule has 0 aromatic heterocycles. The average Bonchev–Trinajstić information content (AvgIpc) is 2.53. The number of amides is 2. The highest BCUT2D eigenvalue weighted by molar-refractivity contribution is 5.91. The van der Waals surface area contributed by atoms with Crippen molar-refractivity contribution in [1.29, 1.82) is 0 Å². The van der Waals surface area contributed by atoms with E-state index in [4.69, 9.17) is 0 Å². The van der Waals surface area contributed by atoms with Gasteiger partial charge >= 0.3 is 0 Å². The third-order valence-corrected chi connectivity index (χ3v) is 4.65. The van der Waals surface area contributed by atoms with Crippen LogP contribution in [0.15, 0.2) is 24.3 Å². The first-order valence-electron chi connectivity index (χ1n) is 8.43. The summed E-state index contributed by atoms with van der Waals surface area (Å²) in [6.07, 6.45) is 0.632. The number of ketones is 1. The fourth-order valence-corrected chi connectivity index (χ4v) is 3.02. The standard InChI is InChI=1S/C19H25FN2O3/c1-19(2,3)15(23)11-21-18(25)14-8-9-16(24)22(4)17(14)12-6-5-7-13(20)10-12/h5-7,10,14,17H,8-9,11H2,1-4H3,(H,21,25). The molecule has 0 aliphatic carbocycles. The summed E-state index contributed by atoms with van der Waals surface area (Å²) >= 11 is 0. The van der Waals surface area contributed by atoms with Crippen LogP contribution in [0.1, 0.15) is 45.2 Å². The molecule has 0 bridgehead atoms. The fraction of sp³-hybridized carbons (Fsp3) is 0.526. The van der Waals surface area contributed by atoms with Crippen molar-refractivity contribution in [2.24, 2.45) is 11.3 Å². The maximum atomic E-state index is 13.6. The van der Waals surface area contributed by atoms with E-state index in [1.807, 2.05) is 0 Å². The molecule has 1 aliphatic heterocycles. The molecule has 0 spiro atoms. The van der Waals surface area contributed by atoms with Crippen LogP contribution >= 0.6 is 0 Å². The van der Waals surface area contributed by atoms with Crippen molar-refractivity contribution in [3.63, 3.8) is 0 Å². The first kappa shape index (κ1) is 19.1. The average molecular weight is 348 g/mol. The van der Waals surface area contributed by atoms with Gasteiger partial charge in [-0.25, -0.2) is 4.39 Å². The molecule has 1 saturated heterocycles. The minimum atomic E-state index is -0.540. The number of benzene rings is 1. The monoisotopic (exact) mass is 348 g/mol. The van der Waals surface area contributed by atoms with Crippen LogP contribution in [-0.4, -0.2) is 36.1 Å². The molecule has 5 nitrogen and oxygen atoms in total. The first-order valence-corrected chi connectivity index (χ1v) is 8.43. The summed E-state index contributed by atoms with van der Waals surface area (Å²) in [5, 5.41) is 2.69. The SMILES string of the molecule is CN1C(=O)CCC(C(=O)NCC(=O)C(C)(C)C)C1c1cccc(F)c1. The number of rotatable bonds is 4. The van der Waals surface area contributed by atoms with Gasteiger partial charge in [-0.15, -0.1) is 0 Å². The van der Waals surface area contributed by atoms with Gasteiger partial charge in [0.05, 0.1) is 18.5 Å². The Morgan fingerprint density at radius 2 is 2.00 bits per heavy atom. The number of likely N-dealkylation sites (tertiary alicyclic amines) is 1. The molecular formula is C19H25FN2O3. The van der Waals surface area contributed by atoms with Crippen molar-refractivity contribution < 1.29 is 18.8 Å². The lowest BCUT2D eigenvalue weighted by Gasteiger charge is -2.38. The second-order valence-electron chi connectivity index (χ2n) is 7.54. The number of hydrogen-bond donors (Lipinski definition) is 1. The Morgan fingerprint density at radius 3 is 2.60 bits per heavy atom. The second kappa shape index (κ2) is 7.33. The molecule has 2 amide bonds. The molecule has 1 heterocycles. The van der Waals surface area contributed by atoms with Crippen molar-refractivity contribution in [2.45, 2.75) is 39.7 Å².